The average Bonchev–Trinajstić information content (AvgIpc) is 3.28. The number of nitrogens with zero attached hydrogens (tertiary/aromatic N) is 3. The van der Waals surface area contributed by atoms with E-state index in [9.17, 15) is 13.2 Å². The van der Waals surface area contributed by atoms with Crippen LogP contribution in [0.15, 0.2) is 11.2 Å². The van der Waals surface area contributed by atoms with Crippen LogP contribution in [0.1, 0.15) is 37.4 Å². The molecule has 0 amide bonds. The van der Waals surface area contributed by atoms with Gasteiger partial charge in [0.05, 0.1) is 6.54 Å². The van der Waals surface area contributed by atoms with Crippen LogP contribution in [-0.4, -0.2) is 42.0 Å². The summed E-state index contributed by atoms with van der Waals surface area (Å²) in [5.74, 6) is 1.23. The molecule has 1 aliphatic carbocycles. The van der Waals surface area contributed by atoms with Crippen LogP contribution in [0.2, 0.25) is 0 Å². The fraction of sp³-hybridized carbons (Fsp3) is 0.750. The lowest BCUT2D eigenvalue weighted by Crippen LogP contribution is -2.38. The predicted octanol–water partition coefficient (Wildman–Crippen LogP) is 2.93. The van der Waals surface area contributed by atoms with Crippen molar-refractivity contribution in [3.05, 3.63) is 17.5 Å². The normalized spacial score (nSPS) is 14.9. The molecule has 1 fully saturated rings. The first-order chi connectivity index (χ1) is 11.9. The van der Waals surface area contributed by atoms with Gasteiger partial charge < -0.3 is 15.4 Å². The Bertz CT molecular complexity index is 573. The summed E-state index contributed by atoms with van der Waals surface area (Å²) in [5, 5.41) is 9.62. The molecule has 0 aromatic carbocycles. The van der Waals surface area contributed by atoms with Crippen molar-refractivity contribution in [3.63, 3.8) is 0 Å². The maximum atomic E-state index is 12.9. The number of aryl methyl sites for hydroxylation is 1. The Kier molecular flexibility index (Phi) is 9.69. The second kappa shape index (κ2) is 11.0. The van der Waals surface area contributed by atoms with Crippen LogP contribution >= 0.6 is 24.0 Å². The minimum absolute atomic E-state index is 0. The highest BCUT2D eigenvalue weighted by atomic mass is 127. The second-order valence-electron chi connectivity index (χ2n) is 6.17. The summed E-state index contributed by atoms with van der Waals surface area (Å²) in [6.45, 7) is 4.59. The van der Waals surface area contributed by atoms with Crippen molar-refractivity contribution < 1.29 is 17.9 Å². The number of halogens is 4. The van der Waals surface area contributed by atoms with Crippen molar-refractivity contribution in [1.82, 2.24) is 20.4 Å². The molecule has 2 rings (SSSR count). The number of ether oxygens (including phenoxy) is 1. The largest absolute Gasteiger partial charge is 0.435 e. The maximum Gasteiger partial charge on any atom is 0.435 e. The van der Waals surface area contributed by atoms with Crippen LogP contribution in [0.25, 0.3) is 0 Å². The minimum atomic E-state index is -4.48. The standard InChI is InChI=1S/C16H26F3N5O.HI/c1-3-20-15(21-7-4-8-25-11-12-5-6-12)22-9-13-10-24(2)23-14(13)16(17,18)19;/h10,12H,3-9,11H2,1-2H3,(H2,20,21,22);1H. The van der Waals surface area contributed by atoms with E-state index in [0.717, 1.165) is 23.6 Å². The van der Waals surface area contributed by atoms with E-state index in [-0.39, 0.29) is 36.1 Å². The Balaban J connectivity index is 0.00000338. The lowest BCUT2D eigenvalue weighted by molar-refractivity contribution is -0.142. The number of aromatic nitrogens is 2. The molecule has 0 unspecified atom stereocenters. The summed E-state index contributed by atoms with van der Waals surface area (Å²) in [6.07, 6.45) is 0.226. The first kappa shape index (κ1) is 23.0. The summed E-state index contributed by atoms with van der Waals surface area (Å²) in [7, 11) is 1.47. The van der Waals surface area contributed by atoms with Crippen LogP contribution in [0.3, 0.4) is 0 Å². The first-order valence-corrected chi connectivity index (χ1v) is 8.59. The second-order valence-corrected chi connectivity index (χ2v) is 6.17. The number of aliphatic imine (C=N–C) groups is 1. The van der Waals surface area contributed by atoms with Crippen molar-refractivity contribution in [2.24, 2.45) is 18.0 Å². The minimum Gasteiger partial charge on any atom is -0.381 e. The average molecular weight is 489 g/mol. The van der Waals surface area contributed by atoms with Crippen molar-refractivity contribution in [3.8, 4) is 0 Å². The fourth-order valence-corrected chi connectivity index (χ4v) is 2.31. The maximum absolute atomic E-state index is 12.9. The third-order valence-electron chi connectivity index (χ3n) is 3.73. The van der Waals surface area contributed by atoms with E-state index >= 15 is 0 Å². The van der Waals surface area contributed by atoms with Gasteiger partial charge >= 0.3 is 6.18 Å². The molecule has 0 atom stereocenters. The van der Waals surface area contributed by atoms with Gasteiger partial charge in [-0.3, -0.25) is 4.68 Å². The van der Waals surface area contributed by atoms with Gasteiger partial charge in [0.1, 0.15) is 0 Å². The zero-order chi connectivity index (χ0) is 18.3. The van der Waals surface area contributed by atoms with Crippen molar-refractivity contribution in [1.29, 1.82) is 0 Å². The Morgan fingerprint density at radius 3 is 2.73 bits per heavy atom. The number of nitrogens with one attached hydrogen (secondary N) is 2. The van der Waals surface area contributed by atoms with Crippen LogP contribution in [-0.2, 0) is 24.5 Å². The van der Waals surface area contributed by atoms with E-state index in [1.165, 1.54) is 26.1 Å². The van der Waals surface area contributed by atoms with Gasteiger partial charge in [-0.1, -0.05) is 0 Å². The summed E-state index contributed by atoms with van der Waals surface area (Å²) in [5.41, 5.74) is -0.831. The molecule has 0 saturated heterocycles. The van der Waals surface area contributed by atoms with Gasteiger partial charge in [-0.15, -0.1) is 24.0 Å². The predicted molar refractivity (Wildman–Crippen MR) is 105 cm³/mol. The highest BCUT2D eigenvalue weighted by Crippen LogP contribution is 2.30. The number of hydrogen-bond donors (Lipinski definition) is 2. The highest BCUT2D eigenvalue weighted by Gasteiger charge is 2.36. The molecule has 0 radical (unpaired) electrons. The van der Waals surface area contributed by atoms with Gasteiger partial charge in [-0.2, -0.15) is 18.3 Å². The van der Waals surface area contributed by atoms with Gasteiger partial charge in [0.2, 0.25) is 0 Å². The third-order valence-corrected chi connectivity index (χ3v) is 3.73. The van der Waals surface area contributed by atoms with E-state index < -0.39 is 11.9 Å². The smallest absolute Gasteiger partial charge is 0.381 e. The van der Waals surface area contributed by atoms with E-state index in [4.69, 9.17) is 4.74 Å². The van der Waals surface area contributed by atoms with E-state index in [1.54, 1.807) is 0 Å². The van der Waals surface area contributed by atoms with Crippen LogP contribution < -0.4 is 10.6 Å². The lowest BCUT2D eigenvalue weighted by atomic mass is 10.2. The molecule has 1 aromatic rings. The van der Waals surface area contributed by atoms with Crippen molar-refractivity contribution in [2.45, 2.75) is 38.9 Å². The van der Waals surface area contributed by atoms with Gasteiger partial charge in [0.15, 0.2) is 11.7 Å². The molecular weight excluding hydrogens is 462 g/mol. The molecule has 0 aliphatic heterocycles. The Morgan fingerprint density at radius 2 is 2.12 bits per heavy atom. The Hall–Kier alpha value is -1.04. The molecule has 1 heterocycles. The van der Waals surface area contributed by atoms with Gasteiger partial charge in [-0.25, -0.2) is 4.99 Å². The summed E-state index contributed by atoms with van der Waals surface area (Å²) >= 11 is 0. The molecule has 1 aromatic heterocycles. The van der Waals surface area contributed by atoms with Gasteiger partial charge in [0, 0.05) is 45.1 Å². The number of guanidine groups is 1. The van der Waals surface area contributed by atoms with Crippen LogP contribution in [0.4, 0.5) is 13.2 Å². The molecule has 0 bridgehead atoms. The molecule has 1 aliphatic rings. The van der Waals surface area contributed by atoms with Crippen molar-refractivity contribution in [2.75, 3.05) is 26.3 Å². The number of alkyl halides is 3. The van der Waals surface area contributed by atoms with Gasteiger partial charge in [-0.05, 0) is 32.1 Å². The molecule has 1 saturated carbocycles. The highest BCUT2D eigenvalue weighted by molar-refractivity contribution is 14.0. The quantitative estimate of drug-likeness (QED) is 0.243. The molecule has 10 heteroatoms. The van der Waals surface area contributed by atoms with Crippen LogP contribution in [0.5, 0.6) is 0 Å². The number of rotatable bonds is 9. The first-order valence-electron chi connectivity index (χ1n) is 8.59. The molecular formula is C16H27F3IN5O. The Morgan fingerprint density at radius 1 is 1.38 bits per heavy atom. The van der Waals surface area contributed by atoms with Crippen molar-refractivity contribution >= 4 is 29.9 Å². The third kappa shape index (κ3) is 8.11. The topological polar surface area (TPSA) is 63.5 Å². The van der Waals surface area contributed by atoms with E-state index in [0.29, 0.717) is 25.7 Å². The number of hydrogen-bond acceptors (Lipinski definition) is 3. The Labute approximate surface area is 169 Å². The summed E-state index contributed by atoms with van der Waals surface area (Å²) in [6, 6.07) is 0. The molecule has 26 heavy (non-hydrogen) atoms. The molecule has 2 N–H and O–H groups in total. The van der Waals surface area contributed by atoms with E-state index in [2.05, 4.69) is 20.7 Å². The fourth-order valence-electron chi connectivity index (χ4n) is 2.31. The zero-order valence-electron chi connectivity index (χ0n) is 15.1. The van der Waals surface area contributed by atoms with E-state index in [1.807, 2.05) is 6.92 Å². The lowest BCUT2D eigenvalue weighted by Gasteiger charge is -2.11. The van der Waals surface area contributed by atoms with Crippen LogP contribution in [0, 0.1) is 5.92 Å². The summed E-state index contributed by atoms with van der Waals surface area (Å²) < 4.78 is 45.5. The zero-order valence-corrected chi connectivity index (χ0v) is 17.4. The summed E-state index contributed by atoms with van der Waals surface area (Å²) in [4.78, 5) is 4.23. The SMILES string of the molecule is CCNC(=NCc1cn(C)nc1C(F)(F)F)NCCCOCC1CC1.I. The molecule has 6 nitrogen and oxygen atoms in total. The monoisotopic (exact) mass is 489 g/mol. The molecule has 0 spiro atoms. The molecule has 150 valence electrons. The van der Waals surface area contributed by atoms with Gasteiger partial charge in [0.25, 0.3) is 0 Å².